The molecule has 2 N–H and O–H groups in total. The second kappa shape index (κ2) is 11.8. The van der Waals surface area contributed by atoms with Crippen molar-refractivity contribution in [2.24, 2.45) is 0 Å². The van der Waals surface area contributed by atoms with Gasteiger partial charge in [-0.15, -0.1) is 0 Å². The molecule has 31 heavy (non-hydrogen) atoms. The number of halogens is 1. The van der Waals surface area contributed by atoms with E-state index in [2.05, 4.69) is 49.7 Å². The number of carbonyl (C=O) groups is 1. The van der Waals surface area contributed by atoms with E-state index >= 15 is 0 Å². The standard InChI is InChI=1S/C23H27BrN4O2S/c1-3-12-26-27-22(29)21-14-25-23(31-21)28(4-2)15-18-13-19(24)10-11-20(18)30-16-17-8-6-5-7-9-17/h5-11,13-14,26H,3-4,12,15-16H2,1-2H3,(H,27,29). The van der Waals surface area contributed by atoms with Crippen LogP contribution >= 0.6 is 27.3 Å². The fourth-order valence-corrected chi connectivity index (χ4v) is 4.20. The van der Waals surface area contributed by atoms with Gasteiger partial charge in [0.05, 0.1) is 6.20 Å². The molecule has 1 amide bonds. The fraction of sp³-hybridized carbons (Fsp3) is 0.304. The van der Waals surface area contributed by atoms with E-state index in [0.717, 1.165) is 46.0 Å². The van der Waals surface area contributed by atoms with Gasteiger partial charge in [-0.1, -0.05) is 64.5 Å². The first-order valence-corrected chi connectivity index (χ1v) is 11.9. The smallest absolute Gasteiger partial charge is 0.277 e. The Bertz CT molecular complexity index is 981. The van der Waals surface area contributed by atoms with Crippen molar-refractivity contribution in [2.75, 3.05) is 18.0 Å². The Hall–Kier alpha value is -2.42. The summed E-state index contributed by atoms with van der Waals surface area (Å²) in [5.41, 5.74) is 7.79. The summed E-state index contributed by atoms with van der Waals surface area (Å²) in [5, 5.41) is 0.803. The molecule has 0 fully saturated rings. The van der Waals surface area contributed by atoms with E-state index in [1.807, 2.05) is 49.4 Å². The van der Waals surface area contributed by atoms with E-state index in [1.165, 1.54) is 11.3 Å². The summed E-state index contributed by atoms with van der Waals surface area (Å²) < 4.78 is 7.11. The van der Waals surface area contributed by atoms with Gasteiger partial charge in [0.15, 0.2) is 5.13 Å². The molecular weight excluding hydrogens is 476 g/mol. The number of benzene rings is 2. The highest BCUT2D eigenvalue weighted by atomic mass is 79.9. The predicted octanol–water partition coefficient (Wildman–Crippen LogP) is 5.16. The van der Waals surface area contributed by atoms with Crippen molar-refractivity contribution in [2.45, 2.75) is 33.4 Å². The summed E-state index contributed by atoms with van der Waals surface area (Å²) in [7, 11) is 0. The number of nitrogens with one attached hydrogen (secondary N) is 2. The lowest BCUT2D eigenvalue weighted by Crippen LogP contribution is -2.37. The first kappa shape index (κ1) is 23.2. The number of nitrogens with zero attached hydrogens (tertiary/aromatic N) is 2. The molecule has 6 nitrogen and oxygen atoms in total. The summed E-state index contributed by atoms with van der Waals surface area (Å²) in [5.74, 6) is 0.673. The fourth-order valence-electron chi connectivity index (χ4n) is 2.91. The van der Waals surface area contributed by atoms with Crippen molar-refractivity contribution in [3.05, 3.63) is 75.2 Å². The molecule has 0 saturated carbocycles. The summed E-state index contributed by atoms with van der Waals surface area (Å²) in [6.45, 7) is 6.74. The van der Waals surface area contributed by atoms with Crippen LogP contribution in [0.4, 0.5) is 5.13 Å². The van der Waals surface area contributed by atoms with E-state index in [9.17, 15) is 4.79 Å². The van der Waals surface area contributed by atoms with Crippen LogP contribution in [0.25, 0.3) is 0 Å². The van der Waals surface area contributed by atoms with Crippen molar-refractivity contribution in [1.29, 1.82) is 0 Å². The molecule has 3 rings (SSSR count). The van der Waals surface area contributed by atoms with Crippen LogP contribution in [-0.4, -0.2) is 24.0 Å². The Morgan fingerprint density at radius 3 is 2.74 bits per heavy atom. The van der Waals surface area contributed by atoms with Gasteiger partial charge in [-0.05, 0) is 37.1 Å². The number of carbonyl (C=O) groups excluding carboxylic acids is 1. The molecule has 0 aliphatic heterocycles. The van der Waals surface area contributed by atoms with Crippen LogP contribution in [0.3, 0.4) is 0 Å². The number of amides is 1. The average molecular weight is 503 g/mol. The molecule has 2 aromatic carbocycles. The number of aromatic nitrogens is 1. The Balaban J connectivity index is 1.71. The van der Waals surface area contributed by atoms with Crippen molar-refractivity contribution in [3.8, 4) is 5.75 Å². The number of hydrazine groups is 1. The van der Waals surface area contributed by atoms with Crippen LogP contribution in [0, 0.1) is 0 Å². The molecule has 0 saturated heterocycles. The molecule has 3 aromatic rings. The maximum absolute atomic E-state index is 12.3. The molecular formula is C23H27BrN4O2S. The SMILES string of the molecule is CCCNNC(=O)c1cnc(N(CC)Cc2cc(Br)ccc2OCc2ccccc2)s1. The van der Waals surface area contributed by atoms with Crippen LogP contribution < -0.4 is 20.5 Å². The molecule has 0 spiro atoms. The zero-order chi connectivity index (χ0) is 22.1. The number of hydrogen-bond acceptors (Lipinski definition) is 6. The third kappa shape index (κ3) is 6.78. The molecule has 0 atom stereocenters. The van der Waals surface area contributed by atoms with E-state index < -0.39 is 0 Å². The van der Waals surface area contributed by atoms with Crippen molar-refractivity contribution in [3.63, 3.8) is 0 Å². The summed E-state index contributed by atoms with van der Waals surface area (Å²) >= 11 is 4.95. The van der Waals surface area contributed by atoms with Gasteiger partial charge < -0.3 is 9.64 Å². The maximum atomic E-state index is 12.3. The van der Waals surface area contributed by atoms with E-state index in [0.29, 0.717) is 18.0 Å². The van der Waals surface area contributed by atoms with Crippen molar-refractivity contribution < 1.29 is 9.53 Å². The first-order chi connectivity index (χ1) is 15.1. The lowest BCUT2D eigenvalue weighted by molar-refractivity contribution is 0.0937. The van der Waals surface area contributed by atoms with Crippen molar-refractivity contribution in [1.82, 2.24) is 15.8 Å². The van der Waals surface area contributed by atoms with E-state index in [4.69, 9.17) is 4.74 Å². The largest absolute Gasteiger partial charge is 0.489 e. The van der Waals surface area contributed by atoms with Gasteiger partial charge >= 0.3 is 0 Å². The second-order valence-electron chi connectivity index (χ2n) is 6.93. The van der Waals surface area contributed by atoms with Gasteiger partial charge in [0.2, 0.25) is 0 Å². The molecule has 164 valence electrons. The van der Waals surface area contributed by atoms with Gasteiger partial charge in [0.1, 0.15) is 17.2 Å². The lowest BCUT2D eigenvalue weighted by atomic mass is 10.2. The summed E-state index contributed by atoms with van der Waals surface area (Å²) in [6, 6.07) is 16.1. The third-order valence-corrected chi connectivity index (χ3v) is 6.12. The molecule has 0 bridgehead atoms. The zero-order valence-electron chi connectivity index (χ0n) is 17.7. The van der Waals surface area contributed by atoms with Crippen LogP contribution in [0.2, 0.25) is 0 Å². The van der Waals surface area contributed by atoms with Crippen LogP contribution in [0.5, 0.6) is 5.75 Å². The topological polar surface area (TPSA) is 66.5 Å². The highest BCUT2D eigenvalue weighted by molar-refractivity contribution is 9.10. The first-order valence-electron chi connectivity index (χ1n) is 10.3. The highest BCUT2D eigenvalue weighted by Crippen LogP contribution is 2.29. The minimum absolute atomic E-state index is 0.164. The third-order valence-electron chi connectivity index (χ3n) is 4.57. The Labute approximate surface area is 195 Å². The monoisotopic (exact) mass is 502 g/mol. The summed E-state index contributed by atoms with van der Waals surface area (Å²) in [6.07, 6.45) is 2.57. The van der Waals surface area contributed by atoms with Crippen LogP contribution in [-0.2, 0) is 13.2 Å². The van der Waals surface area contributed by atoms with Crippen LogP contribution in [0.1, 0.15) is 41.1 Å². The van der Waals surface area contributed by atoms with Crippen molar-refractivity contribution >= 4 is 38.3 Å². The van der Waals surface area contributed by atoms with Crippen LogP contribution in [0.15, 0.2) is 59.2 Å². The Kier molecular flexibility index (Phi) is 8.87. The number of ether oxygens (including phenoxy) is 1. The predicted molar refractivity (Wildman–Crippen MR) is 130 cm³/mol. The van der Waals surface area contributed by atoms with Gasteiger partial charge in [0, 0.05) is 29.7 Å². The Morgan fingerprint density at radius 1 is 1.19 bits per heavy atom. The molecule has 8 heteroatoms. The maximum Gasteiger partial charge on any atom is 0.277 e. The minimum atomic E-state index is -0.164. The number of hydrogen-bond donors (Lipinski definition) is 2. The van der Waals surface area contributed by atoms with Gasteiger partial charge in [-0.3, -0.25) is 10.2 Å². The highest BCUT2D eigenvalue weighted by Gasteiger charge is 2.16. The molecule has 0 radical (unpaired) electrons. The molecule has 0 unspecified atom stereocenters. The number of rotatable bonds is 11. The molecule has 0 aliphatic carbocycles. The van der Waals surface area contributed by atoms with Gasteiger partial charge in [0.25, 0.3) is 5.91 Å². The quantitative estimate of drug-likeness (QED) is 0.280. The number of thiazole rings is 1. The molecule has 1 aromatic heterocycles. The van der Waals surface area contributed by atoms with Gasteiger partial charge in [-0.25, -0.2) is 10.4 Å². The van der Waals surface area contributed by atoms with E-state index in [-0.39, 0.29) is 5.91 Å². The summed E-state index contributed by atoms with van der Waals surface area (Å²) in [4.78, 5) is 19.5. The van der Waals surface area contributed by atoms with E-state index in [1.54, 1.807) is 6.20 Å². The normalized spacial score (nSPS) is 10.7. The number of anilines is 1. The second-order valence-corrected chi connectivity index (χ2v) is 8.85. The molecule has 0 aliphatic rings. The average Bonchev–Trinajstić information content (AvgIpc) is 3.28. The molecule has 1 heterocycles. The zero-order valence-corrected chi connectivity index (χ0v) is 20.1. The van der Waals surface area contributed by atoms with Gasteiger partial charge in [-0.2, -0.15) is 0 Å². The minimum Gasteiger partial charge on any atom is -0.489 e. The lowest BCUT2D eigenvalue weighted by Gasteiger charge is -2.22. The Morgan fingerprint density at radius 2 is 2.00 bits per heavy atom.